The van der Waals surface area contributed by atoms with E-state index in [1.54, 1.807) is 19.1 Å². The van der Waals surface area contributed by atoms with Gasteiger partial charge in [-0.1, -0.05) is 6.07 Å². The highest BCUT2D eigenvalue weighted by atomic mass is 16.6. The van der Waals surface area contributed by atoms with Crippen LogP contribution >= 0.6 is 0 Å². The van der Waals surface area contributed by atoms with E-state index in [4.69, 9.17) is 0 Å². The number of nitrogens with zero attached hydrogens (tertiary/aromatic N) is 2. The minimum Gasteiger partial charge on any atom is -0.506 e. The third kappa shape index (κ3) is 3.06. The lowest BCUT2D eigenvalue weighted by molar-refractivity contribution is -0.393. The Bertz CT molecular complexity index is 730. The fraction of sp³-hybridized carbons (Fsp3) is 0.0769. The van der Waals surface area contributed by atoms with Gasteiger partial charge in [0.2, 0.25) is 0 Å². The van der Waals surface area contributed by atoms with Crippen LogP contribution in [0.25, 0.3) is 0 Å². The van der Waals surface area contributed by atoms with Crippen molar-refractivity contribution in [1.82, 2.24) is 0 Å². The standard InChI is InChI=1S/C13H11N3O5/c1-8-2-4-11(13(17)6-8)14-10-5-3-9(15(18)19)7-12(10)16(20)21/h2-7,14,17H,1H3. The molecule has 0 saturated heterocycles. The molecule has 2 N–H and O–H groups in total. The summed E-state index contributed by atoms with van der Waals surface area (Å²) in [6, 6.07) is 8.04. The molecule has 0 aromatic heterocycles. The van der Waals surface area contributed by atoms with Crippen LogP contribution in [0.4, 0.5) is 22.7 Å². The van der Waals surface area contributed by atoms with Crippen molar-refractivity contribution in [3.8, 4) is 5.75 Å². The van der Waals surface area contributed by atoms with Crippen LogP contribution in [-0.4, -0.2) is 15.0 Å². The second-order valence-electron chi connectivity index (χ2n) is 4.36. The number of nitrogens with one attached hydrogen (secondary N) is 1. The van der Waals surface area contributed by atoms with Crippen molar-refractivity contribution in [2.75, 3.05) is 5.32 Å². The van der Waals surface area contributed by atoms with E-state index in [9.17, 15) is 25.3 Å². The van der Waals surface area contributed by atoms with E-state index < -0.39 is 15.5 Å². The number of phenols is 1. The largest absolute Gasteiger partial charge is 0.506 e. The second kappa shape index (κ2) is 5.45. The highest BCUT2D eigenvalue weighted by molar-refractivity contribution is 5.74. The van der Waals surface area contributed by atoms with Crippen LogP contribution in [0.3, 0.4) is 0 Å². The van der Waals surface area contributed by atoms with Gasteiger partial charge in [0, 0.05) is 6.07 Å². The second-order valence-corrected chi connectivity index (χ2v) is 4.36. The zero-order chi connectivity index (χ0) is 15.6. The number of rotatable bonds is 4. The summed E-state index contributed by atoms with van der Waals surface area (Å²) in [5.74, 6) is -0.0670. The van der Waals surface area contributed by atoms with E-state index in [1.807, 2.05) is 0 Å². The lowest BCUT2D eigenvalue weighted by atomic mass is 10.2. The summed E-state index contributed by atoms with van der Waals surface area (Å²) in [7, 11) is 0. The number of non-ortho nitro benzene ring substituents is 1. The first kappa shape index (κ1) is 14.3. The van der Waals surface area contributed by atoms with Crippen molar-refractivity contribution in [3.63, 3.8) is 0 Å². The van der Waals surface area contributed by atoms with Gasteiger partial charge in [0.05, 0.1) is 21.6 Å². The van der Waals surface area contributed by atoms with Gasteiger partial charge in [0.25, 0.3) is 11.4 Å². The van der Waals surface area contributed by atoms with Gasteiger partial charge in [-0.3, -0.25) is 20.2 Å². The molecule has 0 spiro atoms. The Balaban J connectivity index is 2.44. The lowest BCUT2D eigenvalue weighted by Gasteiger charge is -2.09. The Morgan fingerprint density at radius 1 is 1.00 bits per heavy atom. The number of anilines is 2. The van der Waals surface area contributed by atoms with E-state index in [0.29, 0.717) is 0 Å². The van der Waals surface area contributed by atoms with Crippen LogP contribution in [0.15, 0.2) is 36.4 Å². The summed E-state index contributed by atoms with van der Waals surface area (Å²) in [6.07, 6.45) is 0. The number of hydrogen-bond acceptors (Lipinski definition) is 6. The zero-order valence-electron chi connectivity index (χ0n) is 10.9. The predicted molar refractivity (Wildman–Crippen MR) is 75.9 cm³/mol. The molecular formula is C13H11N3O5. The number of nitro benzene ring substituents is 2. The van der Waals surface area contributed by atoms with E-state index >= 15 is 0 Å². The van der Waals surface area contributed by atoms with E-state index in [0.717, 1.165) is 17.7 Å². The maximum Gasteiger partial charge on any atom is 0.299 e. The van der Waals surface area contributed by atoms with Crippen molar-refractivity contribution in [2.24, 2.45) is 0 Å². The summed E-state index contributed by atoms with van der Waals surface area (Å²) in [5.41, 5.74) is 0.350. The molecule has 0 aliphatic carbocycles. The first-order valence-electron chi connectivity index (χ1n) is 5.88. The number of nitro groups is 2. The van der Waals surface area contributed by atoms with Crippen molar-refractivity contribution >= 4 is 22.7 Å². The molecule has 0 amide bonds. The van der Waals surface area contributed by atoms with Gasteiger partial charge in [-0.25, -0.2) is 0 Å². The highest BCUT2D eigenvalue weighted by Crippen LogP contribution is 2.34. The molecule has 0 heterocycles. The first-order chi connectivity index (χ1) is 9.88. The Morgan fingerprint density at radius 3 is 2.24 bits per heavy atom. The van der Waals surface area contributed by atoms with E-state index in [2.05, 4.69) is 5.32 Å². The molecule has 8 heteroatoms. The SMILES string of the molecule is Cc1ccc(Nc2ccc([N+](=O)[O-])cc2[N+](=O)[O-])c(O)c1. The summed E-state index contributed by atoms with van der Waals surface area (Å²) in [6.45, 7) is 1.79. The fourth-order valence-electron chi connectivity index (χ4n) is 1.78. The Kier molecular flexibility index (Phi) is 3.70. The third-order valence-electron chi connectivity index (χ3n) is 2.81. The minimum atomic E-state index is -0.722. The van der Waals surface area contributed by atoms with Gasteiger partial charge in [0.1, 0.15) is 11.4 Å². The lowest BCUT2D eigenvalue weighted by Crippen LogP contribution is -1.99. The molecule has 2 aromatic rings. The molecule has 21 heavy (non-hydrogen) atoms. The molecule has 8 nitrogen and oxygen atoms in total. The zero-order valence-corrected chi connectivity index (χ0v) is 10.9. The summed E-state index contributed by atoms with van der Waals surface area (Å²) >= 11 is 0. The van der Waals surface area contributed by atoms with Crippen molar-refractivity contribution < 1.29 is 15.0 Å². The minimum absolute atomic E-state index is 0.0600. The molecule has 0 saturated carbocycles. The van der Waals surface area contributed by atoms with E-state index in [-0.39, 0.29) is 22.8 Å². The van der Waals surface area contributed by atoms with Gasteiger partial charge >= 0.3 is 0 Å². The molecule has 0 fully saturated rings. The quantitative estimate of drug-likeness (QED) is 0.506. The van der Waals surface area contributed by atoms with Gasteiger partial charge < -0.3 is 10.4 Å². The maximum atomic E-state index is 11.0. The number of aryl methyl sites for hydroxylation is 1. The molecule has 0 unspecified atom stereocenters. The average molecular weight is 289 g/mol. The van der Waals surface area contributed by atoms with Gasteiger partial charge in [-0.2, -0.15) is 0 Å². The average Bonchev–Trinajstić information content (AvgIpc) is 2.41. The summed E-state index contributed by atoms with van der Waals surface area (Å²) in [4.78, 5) is 20.2. The molecule has 0 atom stereocenters. The predicted octanol–water partition coefficient (Wildman–Crippen LogP) is 3.26. The van der Waals surface area contributed by atoms with Crippen LogP contribution in [0.2, 0.25) is 0 Å². The summed E-state index contributed by atoms with van der Waals surface area (Å²) < 4.78 is 0. The Labute approximate surface area is 119 Å². The maximum absolute atomic E-state index is 11.0. The number of hydrogen-bond donors (Lipinski definition) is 2. The smallest absolute Gasteiger partial charge is 0.299 e. The molecule has 2 rings (SSSR count). The number of phenolic OH excluding ortho intramolecular Hbond substituents is 1. The van der Waals surface area contributed by atoms with Crippen LogP contribution in [0.1, 0.15) is 5.56 Å². The number of aromatic hydroxyl groups is 1. The van der Waals surface area contributed by atoms with Crippen molar-refractivity contribution in [2.45, 2.75) is 6.92 Å². The van der Waals surface area contributed by atoms with Gasteiger partial charge in [0.15, 0.2) is 0 Å². The van der Waals surface area contributed by atoms with Crippen molar-refractivity contribution in [3.05, 3.63) is 62.2 Å². The van der Waals surface area contributed by atoms with Crippen LogP contribution in [0.5, 0.6) is 5.75 Å². The third-order valence-corrected chi connectivity index (χ3v) is 2.81. The van der Waals surface area contributed by atoms with Gasteiger partial charge in [-0.05, 0) is 30.7 Å². The Morgan fingerprint density at radius 2 is 1.67 bits per heavy atom. The first-order valence-corrected chi connectivity index (χ1v) is 5.88. The normalized spacial score (nSPS) is 10.1. The molecular weight excluding hydrogens is 278 g/mol. The molecule has 0 radical (unpaired) electrons. The van der Waals surface area contributed by atoms with Crippen LogP contribution < -0.4 is 5.32 Å². The van der Waals surface area contributed by atoms with Crippen molar-refractivity contribution in [1.29, 1.82) is 0 Å². The Hall–Kier alpha value is -3.16. The number of benzene rings is 2. The molecule has 0 bridgehead atoms. The molecule has 2 aromatic carbocycles. The topological polar surface area (TPSA) is 119 Å². The fourth-order valence-corrected chi connectivity index (χ4v) is 1.78. The van der Waals surface area contributed by atoms with E-state index in [1.165, 1.54) is 12.1 Å². The van der Waals surface area contributed by atoms with Crippen LogP contribution in [0, 0.1) is 27.2 Å². The summed E-state index contributed by atoms with van der Waals surface area (Å²) in [5, 5.41) is 34.2. The molecule has 0 aliphatic rings. The molecule has 108 valence electrons. The highest BCUT2D eigenvalue weighted by Gasteiger charge is 2.20. The van der Waals surface area contributed by atoms with Gasteiger partial charge in [-0.15, -0.1) is 0 Å². The monoisotopic (exact) mass is 289 g/mol. The molecule has 0 aliphatic heterocycles. The van der Waals surface area contributed by atoms with Crippen LogP contribution in [-0.2, 0) is 0 Å².